The molecule has 1 amide bonds. The highest BCUT2D eigenvalue weighted by atomic mass is 19.1. The van der Waals surface area contributed by atoms with Gasteiger partial charge in [-0.25, -0.2) is 14.4 Å². The highest BCUT2D eigenvalue weighted by molar-refractivity contribution is 5.97. The number of likely N-dealkylation sites (tertiary alicyclic amines) is 1. The van der Waals surface area contributed by atoms with Gasteiger partial charge in [0.25, 0.3) is 0 Å². The van der Waals surface area contributed by atoms with Crippen molar-refractivity contribution in [3.05, 3.63) is 67.0 Å². The van der Waals surface area contributed by atoms with Crippen LogP contribution in [0.2, 0.25) is 0 Å². The van der Waals surface area contributed by atoms with E-state index in [0.29, 0.717) is 52.0 Å². The van der Waals surface area contributed by atoms with Gasteiger partial charge in [-0.1, -0.05) is 0 Å². The lowest BCUT2D eigenvalue weighted by atomic mass is 10.1. The Labute approximate surface area is 264 Å². The van der Waals surface area contributed by atoms with Crippen LogP contribution in [0.15, 0.2) is 61.2 Å². The largest absolute Gasteiger partial charge is 0.492 e. The fourth-order valence-electron chi connectivity index (χ4n) is 5.74. The molecule has 0 aliphatic carbocycles. The van der Waals surface area contributed by atoms with Gasteiger partial charge in [0, 0.05) is 47.9 Å². The lowest BCUT2D eigenvalue weighted by molar-refractivity contribution is -0.116. The highest BCUT2D eigenvalue weighted by Crippen LogP contribution is 2.33. The van der Waals surface area contributed by atoms with Crippen LogP contribution in [-0.2, 0) is 4.79 Å². The van der Waals surface area contributed by atoms with Crippen molar-refractivity contribution in [2.45, 2.75) is 12.8 Å². The number of carbonyl (C=O) groups is 1. The molecule has 0 bridgehead atoms. The number of anilines is 1. The van der Waals surface area contributed by atoms with Crippen molar-refractivity contribution in [1.82, 2.24) is 44.9 Å². The minimum absolute atomic E-state index is 0.132. The van der Waals surface area contributed by atoms with Crippen molar-refractivity contribution in [3.8, 4) is 39.7 Å². The number of nitrogens with one attached hydrogen (secondary N) is 3. The van der Waals surface area contributed by atoms with E-state index in [-0.39, 0.29) is 12.5 Å². The third kappa shape index (κ3) is 6.28. The molecule has 1 aliphatic rings. The topological polar surface area (TPSA) is 141 Å². The van der Waals surface area contributed by atoms with Crippen LogP contribution < -0.4 is 10.1 Å². The molecule has 0 radical (unpaired) electrons. The number of hydrogen-bond donors (Lipinski definition) is 3. The number of likely N-dealkylation sites (N-methyl/N-ethyl adjacent to an activating group) is 1. The number of pyridine rings is 3. The van der Waals surface area contributed by atoms with Crippen LogP contribution in [0.5, 0.6) is 5.75 Å². The van der Waals surface area contributed by atoms with Crippen LogP contribution in [0.4, 0.5) is 10.1 Å². The summed E-state index contributed by atoms with van der Waals surface area (Å²) in [4.78, 5) is 38.1. The van der Waals surface area contributed by atoms with Crippen LogP contribution in [0.25, 0.3) is 56.0 Å². The zero-order valence-electron chi connectivity index (χ0n) is 25.5. The molecular weight excluding hydrogens is 587 g/mol. The van der Waals surface area contributed by atoms with Gasteiger partial charge in [-0.2, -0.15) is 5.10 Å². The summed E-state index contributed by atoms with van der Waals surface area (Å²) in [7, 11) is 3.67. The maximum Gasteiger partial charge on any atom is 0.238 e. The van der Waals surface area contributed by atoms with Gasteiger partial charge >= 0.3 is 0 Å². The first-order chi connectivity index (χ1) is 22.4. The minimum atomic E-state index is -0.407. The molecule has 1 aliphatic heterocycles. The van der Waals surface area contributed by atoms with Gasteiger partial charge in [-0.3, -0.25) is 24.8 Å². The molecule has 12 nitrogen and oxygen atoms in total. The monoisotopic (exact) mass is 620 g/mol. The molecule has 1 saturated heterocycles. The number of fused-ring (bicyclic) bond motifs is 2. The van der Waals surface area contributed by atoms with E-state index >= 15 is 0 Å². The highest BCUT2D eigenvalue weighted by Gasteiger charge is 2.18. The zero-order chi connectivity index (χ0) is 31.6. The molecule has 1 fully saturated rings. The summed E-state index contributed by atoms with van der Waals surface area (Å²) in [5.74, 6) is 0.427. The summed E-state index contributed by atoms with van der Waals surface area (Å²) < 4.78 is 20.7. The fraction of sp³-hybridized carbons (Fsp3) is 0.273. The number of nitrogens with zero attached hydrogens (tertiary/aromatic N) is 7. The second kappa shape index (κ2) is 12.6. The second-order valence-electron chi connectivity index (χ2n) is 11.7. The maximum absolute atomic E-state index is 14.8. The van der Waals surface area contributed by atoms with E-state index in [1.807, 2.05) is 32.3 Å². The van der Waals surface area contributed by atoms with Crippen LogP contribution in [-0.4, -0.2) is 97.7 Å². The number of amides is 1. The van der Waals surface area contributed by atoms with Gasteiger partial charge in [0.2, 0.25) is 5.91 Å². The van der Waals surface area contributed by atoms with E-state index < -0.39 is 5.82 Å². The Balaban J connectivity index is 1.18. The molecular formula is C33H33FN10O2. The Bertz CT molecular complexity index is 2030. The predicted molar refractivity (Wildman–Crippen MR) is 174 cm³/mol. The number of benzene rings is 1. The first-order valence-electron chi connectivity index (χ1n) is 15.1. The van der Waals surface area contributed by atoms with Crippen molar-refractivity contribution < 1.29 is 13.9 Å². The van der Waals surface area contributed by atoms with Gasteiger partial charge in [0.05, 0.1) is 35.0 Å². The molecule has 0 unspecified atom stereocenters. The van der Waals surface area contributed by atoms with Gasteiger partial charge in [-0.05, 0) is 70.4 Å². The summed E-state index contributed by atoms with van der Waals surface area (Å²) in [5, 5.41) is 11.1. The number of aromatic amines is 2. The van der Waals surface area contributed by atoms with Gasteiger partial charge in [0.1, 0.15) is 29.4 Å². The average Bonchev–Trinajstić information content (AvgIpc) is 3.80. The summed E-state index contributed by atoms with van der Waals surface area (Å²) in [5.41, 5.74) is 5.73. The summed E-state index contributed by atoms with van der Waals surface area (Å²) >= 11 is 0. The van der Waals surface area contributed by atoms with Crippen molar-refractivity contribution in [2.24, 2.45) is 0 Å². The Morgan fingerprint density at radius 3 is 2.72 bits per heavy atom. The van der Waals surface area contributed by atoms with E-state index in [9.17, 15) is 9.18 Å². The lowest BCUT2D eigenvalue weighted by Gasteiger charge is -2.15. The number of carbonyl (C=O) groups excluding carboxylic acids is 1. The molecule has 0 saturated carbocycles. The maximum atomic E-state index is 14.8. The Kier molecular flexibility index (Phi) is 8.07. The van der Waals surface area contributed by atoms with Crippen LogP contribution in [0.3, 0.4) is 0 Å². The van der Waals surface area contributed by atoms with Crippen LogP contribution in [0.1, 0.15) is 12.8 Å². The van der Waals surface area contributed by atoms with Crippen LogP contribution in [0, 0.1) is 5.82 Å². The molecule has 0 spiro atoms. The third-order valence-corrected chi connectivity index (χ3v) is 7.88. The molecule has 5 aromatic heterocycles. The van der Waals surface area contributed by atoms with Crippen molar-refractivity contribution in [3.63, 3.8) is 0 Å². The molecule has 6 aromatic rings. The van der Waals surface area contributed by atoms with E-state index in [2.05, 4.69) is 40.3 Å². The number of hydrogen-bond acceptors (Lipinski definition) is 9. The molecule has 6 heterocycles. The summed E-state index contributed by atoms with van der Waals surface area (Å²) in [6.45, 7) is 3.72. The molecule has 3 N–H and O–H groups in total. The average molecular weight is 621 g/mol. The number of H-pyrrole nitrogens is 2. The smallest absolute Gasteiger partial charge is 0.238 e. The number of aromatic nitrogens is 7. The van der Waals surface area contributed by atoms with Crippen molar-refractivity contribution in [2.75, 3.05) is 52.2 Å². The molecule has 46 heavy (non-hydrogen) atoms. The lowest BCUT2D eigenvalue weighted by Crippen LogP contribution is -2.27. The van der Waals surface area contributed by atoms with Crippen molar-refractivity contribution >= 4 is 33.7 Å². The molecule has 13 heteroatoms. The Morgan fingerprint density at radius 1 is 1.02 bits per heavy atom. The van der Waals surface area contributed by atoms with Crippen molar-refractivity contribution in [1.29, 1.82) is 0 Å². The molecule has 7 rings (SSSR count). The standard InChI is InChI=1S/C33H33FN10O2/c1-43(2)19-28(45)38-24-12-21(16-35-18-24)22-14-26-30(41-42-32(26)37-17-22)33-39-27-5-6-36-29(31(27)40-33)20-11-23(34)15-25(13-20)46-10-9-44-7-3-4-8-44/h5-6,11-18H,3-4,7-10,19H2,1-2H3,(H,38,45)(H,39,40)(H,37,41,42). The normalized spacial score (nSPS) is 13.7. The molecule has 234 valence electrons. The quantitative estimate of drug-likeness (QED) is 0.198. The minimum Gasteiger partial charge on any atom is -0.492 e. The van der Waals surface area contributed by atoms with E-state index in [4.69, 9.17) is 9.72 Å². The SMILES string of the molecule is CN(C)CC(=O)Nc1cncc(-c2cnc3[nH]nc(-c4nc5c(-c6cc(F)cc(OCCN7CCCC7)c6)nccc5[nH]4)c3c2)c1. The van der Waals surface area contributed by atoms with Gasteiger partial charge < -0.3 is 19.9 Å². The van der Waals surface area contributed by atoms with Crippen LogP contribution >= 0.6 is 0 Å². The van der Waals surface area contributed by atoms with Gasteiger partial charge in [-0.15, -0.1) is 0 Å². The zero-order valence-corrected chi connectivity index (χ0v) is 25.5. The fourth-order valence-corrected chi connectivity index (χ4v) is 5.74. The number of halogens is 1. The number of imidazole rings is 1. The first kappa shape index (κ1) is 29.4. The first-order valence-corrected chi connectivity index (χ1v) is 15.1. The summed E-state index contributed by atoms with van der Waals surface area (Å²) in [6, 6.07) is 10.3. The Hall–Kier alpha value is -5.27. The third-order valence-electron chi connectivity index (χ3n) is 7.88. The molecule has 0 atom stereocenters. The van der Waals surface area contributed by atoms with Gasteiger partial charge in [0.15, 0.2) is 11.5 Å². The van der Waals surface area contributed by atoms with E-state index in [0.717, 1.165) is 41.7 Å². The second-order valence-corrected chi connectivity index (χ2v) is 11.7. The van der Waals surface area contributed by atoms with E-state index in [1.54, 1.807) is 35.8 Å². The Morgan fingerprint density at radius 2 is 1.87 bits per heavy atom. The summed E-state index contributed by atoms with van der Waals surface area (Å²) in [6.07, 6.45) is 9.13. The van der Waals surface area contributed by atoms with E-state index in [1.165, 1.54) is 25.0 Å². The number of rotatable bonds is 10. The predicted octanol–water partition coefficient (Wildman–Crippen LogP) is 4.74. The number of ether oxygens (including phenoxy) is 1. The molecule has 1 aromatic carbocycles.